The fourth-order valence-corrected chi connectivity index (χ4v) is 4.33. The lowest BCUT2D eigenvalue weighted by Crippen LogP contribution is -2.36. The first-order valence-corrected chi connectivity index (χ1v) is 11.5. The second-order valence-corrected chi connectivity index (χ2v) is 9.02. The summed E-state index contributed by atoms with van der Waals surface area (Å²) in [6.07, 6.45) is 3.95. The number of carbonyl (C=O) groups is 1. The molecule has 0 spiro atoms. The maximum Gasteiger partial charge on any atom is 0.319 e. The number of hydrogen-bond acceptors (Lipinski definition) is 5. The van der Waals surface area contributed by atoms with Crippen molar-refractivity contribution in [1.29, 1.82) is 0 Å². The fraction of sp³-hybridized carbons (Fsp3) is 0.375. The number of anilines is 3. The number of benzene rings is 2. The second kappa shape index (κ2) is 10.2. The van der Waals surface area contributed by atoms with Crippen LogP contribution in [0.4, 0.5) is 26.6 Å². The van der Waals surface area contributed by atoms with Gasteiger partial charge in [0.25, 0.3) is 0 Å². The smallest absolute Gasteiger partial charge is 0.319 e. The molecule has 3 aromatic rings. The van der Waals surface area contributed by atoms with E-state index in [4.69, 9.17) is 21.6 Å². The van der Waals surface area contributed by atoms with Crippen molar-refractivity contribution in [3.05, 3.63) is 53.3 Å². The van der Waals surface area contributed by atoms with Gasteiger partial charge in [0.2, 0.25) is 5.95 Å². The first-order valence-electron chi connectivity index (χ1n) is 11.1. The van der Waals surface area contributed by atoms with Gasteiger partial charge in [0.05, 0.1) is 10.5 Å². The Labute approximate surface area is 197 Å². The van der Waals surface area contributed by atoms with Crippen LogP contribution in [0.1, 0.15) is 25.7 Å². The van der Waals surface area contributed by atoms with Crippen LogP contribution < -0.4 is 20.9 Å². The quantitative estimate of drug-likeness (QED) is 0.456. The number of aromatic nitrogens is 2. The van der Waals surface area contributed by atoms with Crippen molar-refractivity contribution >= 4 is 46.0 Å². The number of rotatable bonds is 6. The van der Waals surface area contributed by atoms with Gasteiger partial charge in [-0.1, -0.05) is 23.7 Å². The summed E-state index contributed by atoms with van der Waals surface area (Å²) in [6, 6.07) is 12.1. The van der Waals surface area contributed by atoms with Gasteiger partial charge < -0.3 is 20.9 Å². The van der Waals surface area contributed by atoms with Gasteiger partial charge in [0.1, 0.15) is 11.6 Å². The largest absolute Gasteiger partial charge is 0.362 e. The van der Waals surface area contributed by atoms with Crippen LogP contribution in [-0.2, 0) is 0 Å². The molecule has 0 aliphatic heterocycles. The maximum atomic E-state index is 13.2. The standard InChI is InChI=1S/C24H28ClFN6O/c1-32(2)22-18-5-3-4-6-21(18)30-23(31-22)28-16-9-7-15(8-10-16)14-27-24(33)29-17-11-12-20(26)19(25)13-17/h3-6,11-13,15-16H,7-10,14H2,1-2H3,(H2,27,29,33)(H,28,30,31)/t15-,16+. The highest BCUT2D eigenvalue weighted by Crippen LogP contribution is 2.28. The Bertz CT molecular complexity index is 1130. The summed E-state index contributed by atoms with van der Waals surface area (Å²) in [6.45, 7) is 0.588. The average Bonchev–Trinajstić information content (AvgIpc) is 2.80. The van der Waals surface area contributed by atoms with Gasteiger partial charge in [-0.2, -0.15) is 4.98 Å². The summed E-state index contributed by atoms with van der Waals surface area (Å²) in [7, 11) is 3.97. The van der Waals surface area contributed by atoms with Gasteiger partial charge in [0.15, 0.2) is 0 Å². The summed E-state index contributed by atoms with van der Waals surface area (Å²) in [5.74, 6) is 1.44. The highest BCUT2D eigenvalue weighted by molar-refractivity contribution is 6.31. The van der Waals surface area contributed by atoms with E-state index in [-0.39, 0.29) is 11.1 Å². The van der Waals surface area contributed by atoms with Crippen LogP contribution in [0.15, 0.2) is 42.5 Å². The molecule has 1 fully saturated rings. The van der Waals surface area contributed by atoms with Crippen LogP contribution in [0.5, 0.6) is 0 Å². The summed E-state index contributed by atoms with van der Waals surface area (Å²) in [5.41, 5.74) is 1.38. The third-order valence-electron chi connectivity index (χ3n) is 5.92. The van der Waals surface area contributed by atoms with E-state index in [2.05, 4.69) is 16.0 Å². The molecule has 0 radical (unpaired) electrons. The lowest BCUT2D eigenvalue weighted by molar-refractivity contribution is 0.246. The Morgan fingerprint density at radius 3 is 2.61 bits per heavy atom. The molecular formula is C24H28ClFN6O. The number of nitrogens with zero attached hydrogens (tertiary/aromatic N) is 3. The number of carbonyl (C=O) groups excluding carboxylic acids is 1. The van der Waals surface area contributed by atoms with Gasteiger partial charge in [-0.15, -0.1) is 0 Å². The number of halogens is 2. The van der Waals surface area contributed by atoms with Gasteiger partial charge in [-0.25, -0.2) is 14.2 Å². The van der Waals surface area contributed by atoms with Crippen molar-refractivity contribution in [2.75, 3.05) is 36.2 Å². The summed E-state index contributed by atoms with van der Waals surface area (Å²) >= 11 is 5.76. The van der Waals surface area contributed by atoms with Crippen LogP contribution in [0.25, 0.3) is 10.9 Å². The van der Waals surface area contributed by atoms with Crippen LogP contribution in [0.3, 0.4) is 0 Å². The van der Waals surface area contributed by atoms with Crippen molar-refractivity contribution in [3.63, 3.8) is 0 Å². The van der Waals surface area contributed by atoms with Crippen LogP contribution in [-0.4, -0.2) is 42.7 Å². The van der Waals surface area contributed by atoms with Crippen molar-refractivity contribution < 1.29 is 9.18 Å². The molecule has 3 N–H and O–H groups in total. The average molecular weight is 471 g/mol. The van der Waals surface area contributed by atoms with E-state index in [0.717, 1.165) is 42.4 Å². The first kappa shape index (κ1) is 23.0. The molecule has 1 heterocycles. The Morgan fingerprint density at radius 1 is 1.12 bits per heavy atom. The highest BCUT2D eigenvalue weighted by Gasteiger charge is 2.23. The number of para-hydroxylation sites is 1. The molecule has 1 aliphatic carbocycles. The van der Waals surface area contributed by atoms with E-state index < -0.39 is 5.82 Å². The number of urea groups is 1. The molecule has 9 heteroatoms. The number of hydrogen-bond donors (Lipinski definition) is 3. The Balaban J connectivity index is 1.27. The minimum absolute atomic E-state index is 0.0216. The molecule has 1 aromatic heterocycles. The van der Waals surface area contributed by atoms with Crippen LogP contribution >= 0.6 is 11.6 Å². The monoisotopic (exact) mass is 470 g/mol. The fourth-order valence-electron chi connectivity index (χ4n) is 4.14. The number of fused-ring (bicyclic) bond motifs is 1. The SMILES string of the molecule is CN(C)c1nc(N[C@H]2CC[C@@H](CNC(=O)Nc3ccc(F)c(Cl)c3)CC2)nc2ccccc12. The van der Waals surface area contributed by atoms with Crippen molar-refractivity contribution in [2.45, 2.75) is 31.7 Å². The highest BCUT2D eigenvalue weighted by atomic mass is 35.5. The van der Waals surface area contributed by atoms with Crippen molar-refractivity contribution in [2.24, 2.45) is 5.92 Å². The zero-order valence-electron chi connectivity index (χ0n) is 18.7. The van der Waals surface area contributed by atoms with Gasteiger partial charge in [-0.3, -0.25) is 0 Å². The normalized spacial score (nSPS) is 18.1. The third kappa shape index (κ3) is 5.82. The predicted molar refractivity (Wildman–Crippen MR) is 132 cm³/mol. The first-order chi connectivity index (χ1) is 15.9. The maximum absolute atomic E-state index is 13.2. The molecule has 2 aromatic carbocycles. The van der Waals surface area contributed by atoms with Crippen LogP contribution in [0.2, 0.25) is 5.02 Å². The van der Waals surface area contributed by atoms with Gasteiger partial charge in [0, 0.05) is 37.8 Å². The predicted octanol–water partition coefficient (Wildman–Crippen LogP) is 5.28. The minimum Gasteiger partial charge on any atom is -0.362 e. The zero-order valence-corrected chi connectivity index (χ0v) is 19.5. The number of nitrogens with one attached hydrogen (secondary N) is 3. The van der Waals surface area contributed by atoms with Crippen molar-refractivity contribution in [1.82, 2.24) is 15.3 Å². The molecule has 1 saturated carbocycles. The van der Waals surface area contributed by atoms with E-state index in [9.17, 15) is 9.18 Å². The van der Waals surface area contributed by atoms with Crippen LogP contribution in [0, 0.1) is 11.7 Å². The molecule has 33 heavy (non-hydrogen) atoms. The second-order valence-electron chi connectivity index (χ2n) is 8.61. The molecule has 0 saturated heterocycles. The summed E-state index contributed by atoms with van der Waals surface area (Å²) in [5, 5.41) is 10.1. The lowest BCUT2D eigenvalue weighted by atomic mass is 9.86. The summed E-state index contributed by atoms with van der Waals surface area (Å²) in [4.78, 5) is 23.6. The minimum atomic E-state index is -0.514. The molecule has 0 bridgehead atoms. The molecular weight excluding hydrogens is 443 g/mol. The van der Waals surface area contributed by atoms with Gasteiger partial charge >= 0.3 is 6.03 Å². The lowest BCUT2D eigenvalue weighted by Gasteiger charge is -2.29. The topological polar surface area (TPSA) is 82.2 Å². The molecule has 7 nitrogen and oxygen atoms in total. The van der Waals surface area contributed by atoms with E-state index >= 15 is 0 Å². The zero-order chi connectivity index (χ0) is 23.4. The molecule has 4 rings (SSSR count). The molecule has 2 amide bonds. The third-order valence-corrected chi connectivity index (χ3v) is 6.21. The Morgan fingerprint density at radius 2 is 1.88 bits per heavy atom. The summed E-state index contributed by atoms with van der Waals surface area (Å²) < 4.78 is 13.2. The Kier molecular flexibility index (Phi) is 7.13. The van der Waals surface area contributed by atoms with E-state index in [1.165, 1.54) is 18.2 Å². The molecule has 1 aliphatic rings. The molecule has 0 atom stereocenters. The van der Waals surface area contributed by atoms with E-state index in [0.29, 0.717) is 30.1 Å². The molecule has 0 unspecified atom stereocenters. The van der Waals surface area contributed by atoms with E-state index in [1.807, 2.05) is 43.3 Å². The van der Waals surface area contributed by atoms with Gasteiger partial charge in [-0.05, 0) is 61.9 Å². The molecule has 174 valence electrons. The van der Waals surface area contributed by atoms with Crippen molar-refractivity contribution in [3.8, 4) is 0 Å². The number of amides is 2. The van der Waals surface area contributed by atoms with E-state index in [1.54, 1.807) is 0 Å². The Hall–Kier alpha value is -3.13.